The maximum absolute atomic E-state index is 12.8. The van der Waals surface area contributed by atoms with Crippen LogP contribution < -0.4 is 0 Å². The van der Waals surface area contributed by atoms with E-state index in [4.69, 9.17) is 0 Å². The second-order valence-electron chi connectivity index (χ2n) is 6.24. The van der Waals surface area contributed by atoms with Crippen molar-refractivity contribution in [3.63, 3.8) is 0 Å². The van der Waals surface area contributed by atoms with Gasteiger partial charge in [-0.05, 0) is 25.5 Å². The van der Waals surface area contributed by atoms with Crippen molar-refractivity contribution in [1.29, 1.82) is 0 Å². The van der Waals surface area contributed by atoms with E-state index < -0.39 is 10.0 Å². The molecular weight excluding hydrogens is 354 g/mol. The van der Waals surface area contributed by atoms with Crippen molar-refractivity contribution in [2.24, 2.45) is 0 Å². The van der Waals surface area contributed by atoms with Gasteiger partial charge in [-0.25, -0.2) is 22.7 Å². The Morgan fingerprint density at radius 1 is 1.15 bits per heavy atom. The standard InChI is InChI=1S/C17H21N5O3S/c1-13-15(12-19-16(20-13)14-5-3-6-18-11-14)17(23)21-7-4-8-22(10-9-21)26(2,24)25/h3,5-6,11-12H,4,7-10H2,1-2H3. The average Bonchev–Trinajstić information content (AvgIpc) is 2.88. The molecule has 0 N–H and O–H groups in total. The molecule has 0 radical (unpaired) electrons. The van der Waals surface area contributed by atoms with Crippen molar-refractivity contribution in [2.45, 2.75) is 13.3 Å². The van der Waals surface area contributed by atoms with Gasteiger partial charge in [0.25, 0.3) is 5.91 Å². The van der Waals surface area contributed by atoms with Gasteiger partial charge in [0.1, 0.15) is 0 Å². The highest BCUT2D eigenvalue weighted by Gasteiger charge is 2.25. The summed E-state index contributed by atoms with van der Waals surface area (Å²) in [6.07, 6.45) is 6.68. The summed E-state index contributed by atoms with van der Waals surface area (Å²) < 4.78 is 24.8. The van der Waals surface area contributed by atoms with E-state index in [0.717, 1.165) is 5.56 Å². The zero-order chi connectivity index (χ0) is 18.7. The Kier molecular flexibility index (Phi) is 5.28. The van der Waals surface area contributed by atoms with Crippen LogP contribution in [0.2, 0.25) is 0 Å². The third-order valence-corrected chi connectivity index (χ3v) is 5.64. The Morgan fingerprint density at radius 2 is 1.96 bits per heavy atom. The Bertz CT molecular complexity index is 902. The van der Waals surface area contributed by atoms with E-state index in [2.05, 4.69) is 15.0 Å². The lowest BCUT2D eigenvalue weighted by molar-refractivity contribution is 0.0762. The number of amides is 1. The van der Waals surface area contributed by atoms with Crippen molar-refractivity contribution in [3.8, 4) is 11.4 Å². The van der Waals surface area contributed by atoms with E-state index in [1.165, 1.54) is 16.8 Å². The lowest BCUT2D eigenvalue weighted by Crippen LogP contribution is -2.37. The molecule has 3 heterocycles. The summed E-state index contributed by atoms with van der Waals surface area (Å²) >= 11 is 0. The maximum Gasteiger partial charge on any atom is 0.257 e. The minimum atomic E-state index is -3.24. The fourth-order valence-corrected chi connectivity index (χ4v) is 3.78. The molecule has 1 aliphatic heterocycles. The number of hydrogen-bond acceptors (Lipinski definition) is 6. The molecule has 2 aromatic rings. The van der Waals surface area contributed by atoms with Gasteiger partial charge in [0, 0.05) is 50.3 Å². The first kappa shape index (κ1) is 18.4. The van der Waals surface area contributed by atoms with Crippen LogP contribution in [0.1, 0.15) is 22.5 Å². The molecule has 8 nitrogen and oxygen atoms in total. The van der Waals surface area contributed by atoms with Gasteiger partial charge in [0.15, 0.2) is 5.82 Å². The summed E-state index contributed by atoms with van der Waals surface area (Å²) in [7, 11) is -3.24. The van der Waals surface area contributed by atoms with Gasteiger partial charge in [-0.1, -0.05) is 0 Å². The smallest absolute Gasteiger partial charge is 0.257 e. The van der Waals surface area contributed by atoms with Gasteiger partial charge >= 0.3 is 0 Å². The van der Waals surface area contributed by atoms with Gasteiger partial charge in [0.05, 0.1) is 17.5 Å². The van der Waals surface area contributed by atoms with Crippen molar-refractivity contribution in [3.05, 3.63) is 42.0 Å². The van der Waals surface area contributed by atoms with Gasteiger partial charge in [0.2, 0.25) is 10.0 Å². The summed E-state index contributed by atoms with van der Waals surface area (Å²) in [5, 5.41) is 0. The first-order valence-electron chi connectivity index (χ1n) is 8.34. The van der Waals surface area contributed by atoms with Crippen LogP contribution in [0.25, 0.3) is 11.4 Å². The number of aryl methyl sites for hydroxylation is 1. The molecule has 1 aliphatic rings. The fraction of sp³-hybridized carbons (Fsp3) is 0.412. The minimum absolute atomic E-state index is 0.171. The molecule has 0 spiro atoms. The second-order valence-corrected chi connectivity index (χ2v) is 8.22. The normalized spacial score (nSPS) is 16.3. The summed E-state index contributed by atoms with van der Waals surface area (Å²) in [6, 6.07) is 3.66. The number of carbonyl (C=O) groups excluding carboxylic acids is 1. The number of pyridine rings is 1. The average molecular weight is 375 g/mol. The predicted octanol–water partition coefficient (Wildman–Crippen LogP) is 0.955. The summed E-state index contributed by atoms with van der Waals surface area (Å²) in [4.78, 5) is 27.3. The van der Waals surface area contributed by atoms with E-state index in [-0.39, 0.29) is 5.91 Å². The van der Waals surface area contributed by atoms with E-state index in [1.54, 1.807) is 30.3 Å². The van der Waals surface area contributed by atoms with Crippen molar-refractivity contribution in [1.82, 2.24) is 24.2 Å². The monoisotopic (exact) mass is 375 g/mol. The quantitative estimate of drug-likeness (QED) is 0.793. The van der Waals surface area contributed by atoms with Gasteiger partial charge in [-0.3, -0.25) is 9.78 Å². The highest BCUT2D eigenvalue weighted by molar-refractivity contribution is 7.88. The number of rotatable bonds is 3. The van der Waals surface area contributed by atoms with Crippen LogP contribution in [-0.4, -0.2) is 70.9 Å². The molecular formula is C17H21N5O3S. The van der Waals surface area contributed by atoms with Gasteiger partial charge in [-0.15, -0.1) is 0 Å². The third kappa shape index (κ3) is 4.05. The third-order valence-electron chi connectivity index (χ3n) is 4.34. The first-order chi connectivity index (χ1) is 12.4. The van der Waals surface area contributed by atoms with Crippen LogP contribution in [0, 0.1) is 6.92 Å². The number of carbonyl (C=O) groups is 1. The van der Waals surface area contributed by atoms with Crippen LogP contribution in [-0.2, 0) is 10.0 Å². The summed E-state index contributed by atoms with van der Waals surface area (Å²) in [6.45, 7) is 3.37. The number of hydrogen-bond donors (Lipinski definition) is 0. The summed E-state index contributed by atoms with van der Waals surface area (Å²) in [5.41, 5.74) is 1.81. The van der Waals surface area contributed by atoms with E-state index >= 15 is 0 Å². The zero-order valence-corrected chi connectivity index (χ0v) is 15.6. The molecule has 138 valence electrons. The number of aromatic nitrogens is 3. The largest absolute Gasteiger partial charge is 0.337 e. The van der Waals surface area contributed by atoms with Crippen LogP contribution in [0.15, 0.2) is 30.7 Å². The minimum Gasteiger partial charge on any atom is -0.337 e. The molecule has 1 fully saturated rings. The zero-order valence-electron chi connectivity index (χ0n) is 14.8. The molecule has 0 aliphatic carbocycles. The first-order valence-corrected chi connectivity index (χ1v) is 10.2. The highest BCUT2D eigenvalue weighted by Crippen LogP contribution is 2.17. The lowest BCUT2D eigenvalue weighted by Gasteiger charge is -2.21. The Morgan fingerprint density at radius 3 is 2.62 bits per heavy atom. The SMILES string of the molecule is Cc1nc(-c2cccnc2)ncc1C(=O)N1CCCN(S(C)(=O)=O)CC1. The highest BCUT2D eigenvalue weighted by atomic mass is 32.2. The second kappa shape index (κ2) is 7.46. The molecule has 2 aromatic heterocycles. The van der Waals surface area contributed by atoms with Crippen LogP contribution in [0.4, 0.5) is 0 Å². The van der Waals surface area contributed by atoms with E-state index in [1.807, 2.05) is 6.07 Å². The fourth-order valence-electron chi connectivity index (χ4n) is 2.91. The molecule has 0 saturated carbocycles. The molecule has 0 aromatic carbocycles. The summed E-state index contributed by atoms with van der Waals surface area (Å²) in [5.74, 6) is 0.349. The van der Waals surface area contributed by atoms with Crippen molar-refractivity contribution < 1.29 is 13.2 Å². The lowest BCUT2D eigenvalue weighted by atomic mass is 10.2. The van der Waals surface area contributed by atoms with Crippen LogP contribution >= 0.6 is 0 Å². The van der Waals surface area contributed by atoms with Gasteiger partial charge < -0.3 is 4.90 Å². The van der Waals surface area contributed by atoms with Crippen LogP contribution in [0.5, 0.6) is 0 Å². The molecule has 1 amide bonds. The predicted molar refractivity (Wildman–Crippen MR) is 96.9 cm³/mol. The van der Waals surface area contributed by atoms with E-state index in [0.29, 0.717) is 49.7 Å². The Balaban J connectivity index is 1.78. The van der Waals surface area contributed by atoms with E-state index in [9.17, 15) is 13.2 Å². The van der Waals surface area contributed by atoms with Crippen LogP contribution in [0.3, 0.4) is 0 Å². The Labute approximate surface area is 153 Å². The molecule has 9 heteroatoms. The molecule has 0 atom stereocenters. The maximum atomic E-state index is 12.8. The molecule has 26 heavy (non-hydrogen) atoms. The topological polar surface area (TPSA) is 96.4 Å². The number of sulfonamides is 1. The van der Waals surface area contributed by atoms with Crippen molar-refractivity contribution in [2.75, 3.05) is 32.4 Å². The molecule has 3 rings (SSSR count). The Hall–Kier alpha value is -2.39. The molecule has 0 bridgehead atoms. The molecule has 0 unspecified atom stereocenters. The molecule has 1 saturated heterocycles. The van der Waals surface area contributed by atoms with Gasteiger partial charge in [-0.2, -0.15) is 0 Å². The van der Waals surface area contributed by atoms with Crippen molar-refractivity contribution >= 4 is 15.9 Å². The number of nitrogens with zero attached hydrogens (tertiary/aromatic N) is 5.